The molecule has 0 aliphatic carbocycles. The lowest BCUT2D eigenvalue weighted by molar-refractivity contribution is 0.750. The molecule has 1 aliphatic heterocycles. The van der Waals surface area contributed by atoms with Crippen molar-refractivity contribution in [2.75, 3.05) is 0 Å². The first-order chi connectivity index (χ1) is 29.7. The lowest BCUT2D eigenvalue weighted by Gasteiger charge is -2.29. The van der Waals surface area contributed by atoms with Gasteiger partial charge in [-0.3, -0.25) is 4.98 Å². The zero-order chi connectivity index (χ0) is 39.8. The van der Waals surface area contributed by atoms with E-state index in [-0.39, 0.29) is 6.04 Å². The van der Waals surface area contributed by atoms with Crippen LogP contribution in [-0.4, -0.2) is 10.8 Å². The first-order valence-electron chi connectivity index (χ1n) is 20.5. The van der Waals surface area contributed by atoms with Gasteiger partial charge in [0.05, 0.1) is 17.4 Å². The van der Waals surface area contributed by atoms with Gasteiger partial charge in [0.2, 0.25) is 0 Å². The van der Waals surface area contributed by atoms with Crippen LogP contribution >= 0.6 is 0 Å². The highest BCUT2D eigenvalue weighted by Crippen LogP contribution is 2.41. The standard InChI is InChI=1S/C57H39N3/c1-3-14-38(15-4-1)42-19-13-20-45(32-42)56-53-36-43(39-16-5-2-6-17-39)29-30-55(53)59-57(60-56)48-34-46(40-25-27-41(28-26-40)54-24-11-12-31-58-54)33-47(35-48)52-37-44-18-7-8-21-49(44)50-22-9-10-23-51(50)52/h1-37,56H,(H,59,60). The van der Waals surface area contributed by atoms with E-state index < -0.39 is 0 Å². The van der Waals surface area contributed by atoms with Crippen LogP contribution in [0.1, 0.15) is 22.7 Å². The Morgan fingerprint density at radius 1 is 0.367 bits per heavy atom. The maximum atomic E-state index is 5.44. The van der Waals surface area contributed by atoms with Crippen LogP contribution in [0.2, 0.25) is 0 Å². The number of amidine groups is 1. The lowest BCUT2D eigenvalue weighted by Crippen LogP contribution is -2.33. The largest absolute Gasteiger partial charge is 0.359 e. The molecule has 10 aromatic rings. The molecule has 0 bridgehead atoms. The summed E-state index contributed by atoms with van der Waals surface area (Å²) in [7, 11) is 0. The average Bonchev–Trinajstić information content (AvgIpc) is 3.34. The fraction of sp³-hybridized carbons (Fsp3) is 0.0175. The van der Waals surface area contributed by atoms with Crippen LogP contribution in [0.3, 0.4) is 0 Å². The van der Waals surface area contributed by atoms with Crippen molar-refractivity contribution in [3.8, 4) is 55.8 Å². The topological polar surface area (TPSA) is 37.3 Å². The minimum atomic E-state index is -0.147. The molecule has 282 valence electrons. The van der Waals surface area contributed by atoms with Crippen molar-refractivity contribution in [3.05, 3.63) is 241 Å². The van der Waals surface area contributed by atoms with Gasteiger partial charge in [0, 0.05) is 22.9 Å². The third kappa shape index (κ3) is 6.62. The van der Waals surface area contributed by atoms with E-state index in [0.717, 1.165) is 50.6 Å². The summed E-state index contributed by atoms with van der Waals surface area (Å²) in [5.74, 6) is 0.836. The van der Waals surface area contributed by atoms with Crippen LogP contribution in [0.25, 0.3) is 77.3 Å². The highest BCUT2D eigenvalue weighted by atomic mass is 15.1. The maximum Gasteiger partial charge on any atom is 0.134 e. The Hall–Kier alpha value is -7.88. The second-order valence-electron chi connectivity index (χ2n) is 15.5. The Labute approximate surface area is 350 Å². The summed E-state index contributed by atoms with van der Waals surface area (Å²) in [6.07, 6.45) is 1.84. The van der Waals surface area contributed by atoms with E-state index in [0.29, 0.717) is 0 Å². The molecule has 0 saturated heterocycles. The van der Waals surface area contributed by atoms with E-state index in [4.69, 9.17) is 4.99 Å². The molecular formula is C57H39N3. The number of rotatable bonds is 7. The van der Waals surface area contributed by atoms with Crippen molar-refractivity contribution in [3.63, 3.8) is 0 Å². The second kappa shape index (κ2) is 15.1. The lowest BCUT2D eigenvalue weighted by atomic mass is 9.88. The fourth-order valence-electron chi connectivity index (χ4n) is 8.75. The molecule has 2 heterocycles. The summed E-state index contributed by atoms with van der Waals surface area (Å²) >= 11 is 0. The van der Waals surface area contributed by atoms with E-state index in [9.17, 15) is 0 Å². The van der Waals surface area contributed by atoms with Crippen molar-refractivity contribution in [1.82, 2.24) is 10.3 Å². The molecule has 11 rings (SSSR count). The van der Waals surface area contributed by atoms with Crippen molar-refractivity contribution in [2.24, 2.45) is 4.99 Å². The number of nitrogens with one attached hydrogen (secondary N) is 1. The van der Waals surface area contributed by atoms with Crippen LogP contribution < -0.4 is 5.32 Å². The molecule has 60 heavy (non-hydrogen) atoms. The van der Waals surface area contributed by atoms with Crippen molar-refractivity contribution < 1.29 is 0 Å². The number of aliphatic imine (C=N–C) groups is 1. The molecule has 3 heteroatoms. The smallest absolute Gasteiger partial charge is 0.134 e. The normalized spacial score (nSPS) is 13.4. The zero-order valence-corrected chi connectivity index (χ0v) is 32.8. The van der Waals surface area contributed by atoms with Crippen LogP contribution in [0.5, 0.6) is 0 Å². The van der Waals surface area contributed by atoms with Gasteiger partial charge in [0.1, 0.15) is 5.84 Å². The molecule has 1 N–H and O–H groups in total. The SMILES string of the molecule is c1ccc(-c2cccc(C3NC(c4cc(-c5ccc(-c6ccccn6)cc5)cc(-c5cc6ccccc6c6ccccc56)c4)=Nc4ccc(-c5ccccc5)cc43)c2)cc1. The quantitative estimate of drug-likeness (QED) is 0.164. The van der Waals surface area contributed by atoms with Crippen molar-refractivity contribution in [2.45, 2.75) is 6.04 Å². The molecule has 0 radical (unpaired) electrons. The second-order valence-corrected chi connectivity index (χ2v) is 15.5. The summed E-state index contributed by atoms with van der Waals surface area (Å²) in [5, 5.41) is 8.93. The molecule has 1 unspecified atom stereocenters. The average molecular weight is 766 g/mol. The number of aromatic nitrogens is 1. The summed E-state index contributed by atoms with van der Waals surface area (Å²) < 4.78 is 0. The first kappa shape index (κ1) is 35.3. The number of nitrogens with zero attached hydrogens (tertiary/aromatic N) is 2. The van der Waals surface area contributed by atoms with Crippen LogP contribution in [0.4, 0.5) is 5.69 Å². The summed E-state index contributed by atoms with van der Waals surface area (Å²) in [4.78, 5) is 10.0. The molecular weight excluding hydrogens is 727 g/mol. The molecule has 0 spiro atoms. The third-order valence-corrected chi connectivity index (χ3v) is 11.8. The van der Waals surface area contributed by atoms with Gasteiger partial charge in [0.25, 0.3) is 0 Å². The number of pyridine rings is 1. The van der Waals surface area contributed by atoms with E-state index >= 15 is 0 Å². The predicted octanol–water partition coefficient (Wildman–Crippen LogP) is 14.5. The Balaban J connectivity index is 1.10. The third-order valence-electron chi connectivity index (χ3n) is 11.8. The summed E-state index contributed by atoms with van der Waals surface area (Å²) in [6, 6.07) is 78.2. The van der Waals surface area contributed by atoms with Gasteiger partial charge in [-0.2, -0.15) is 0 Å². The molecule has 1 aromatic heterocycles. The number of fused-ring (bicyclic) bond motifs is 4. The molecule has 3 nitrogen and oxygen atoms in total. The Kier molecular flexibility index (Phi) is 8.90. The maximum absolute atomic E-state index is 5.44. The predicted molar refractivity (Wildman–Crippen MR) is 250 cm³/mol. The monoisotopic (exact) mass is 765 g/mol. The molecule has 0 fully saturated rings. The minimum absolute atomic E-state index is 0.147. The number of hydrogen-bond acceptors (Lipinski definition) is 3. The Morgan fingerprint density at radius 2 is 0.967 bits per heavy atom. The van der Waals surface area contributed by atoms with Crippen molar-refractivity contribution in [1.29, 1.82) is 0 Å². The Morgan fingerprint density at radius 3 is 1.73 bits per heavy atom. The van der Waals surface area contributed by atoms with Crippen LogP contribution in [-0.2, 0) is 0 Å². The van der Waals surface area contributed by atoms with E-state index in [2.05, 4.69) is 217 Å². The molecule has 1 atom stereocenters. The Bertz CT molecular complexity index is 3210. The van der Waals surface area contributed by atoms with Gasteiger partial charge in [0.15, 0.2) is 0 Å². The molecule has 0 amide bonds. The van der Waals surface area contributed by atoms with E-state index in [1.165, 1.54) is 54.9 Å². The van der Waals surface area contributed by atoms with Gasteiger partial charge in [-0.15, -0.1) is 0 Å². The summed E-state index contributed by atoms with van der Waals surface area (Å²) in [6.45, 7) is 0. The number of benzene rings is 9. The molecule has 0 saturated carbocycles. The molecule has 9 aromatic carbocycles. The highest BCUT2D eigenvalue weighted by Gasteiger charge is 2.26. The van der Waals surface area contributed by atoms with Gasteiger partial charge < -0.3 is 5.32 Å². The molecule has 1 aliphatic rings. The number of hydrogen-bond donors (Lipinski definition) is 1. The minimum Gasteiger partial charge on any atom is -0.359 e. The first-order valence-corrected chi connectivity index (χ1v) is 20.5. The van der Waals surface area contributed by atoms with Crippen molar-refractivity contribution >= 4 is 33.1 Å². The van der Waals surface area contributed by atoms with E-state index in [1.54, 1.807) is 0 Å². The van der Waals surface area contributed by atoms with Gasteiger partial charge in [-0.1, -0.05) is 164 Å². The fourth-order valence-corrected chi connectivity index (χ4v) is 8.75. The van der Waals surface area contributed by atoms with Crippen LogP contribution in [0.15, 0.2) is 230 Å². The van der Waals surface area contributed by atoms with Gasteiger partial charge >= 0.3 is 0 Å². The van der Waals surface area contributed by atoms with Gasteiger partial charge in [-0.05, 0) is 126 Å². The van der Waals surface area contributed by atoms with Crippen LogP contribution in [0, 0.1) is 0 Å². The zero-order valence-electron chi connectivity index (χ0n) is 32.8. The van der Waals surface area contributed by atoms with E-state index in [1.807, 2.05) is 18.3 Å². The van der Waals surface area contributed by atoms with Gasteiger partial charge in [-0.25, -0.2) is 4.99 Å². The summed E-state index contributed by atoms with van der Waals surface area (Å²) in [5.41, 5.74) is 15.6. The highest BCUT2D eigenvalue weighted by molar-refractivity contribution is 6.14.